The third-order valence-electron chi connectivity index (χ3n) is 2.69. The van der Waals surface area contributed by atoms with Gasteiger partial charge in [-0.05, 0) is 36.1 Å². The largest absolute Gasteiger partial charge is 0.478 e. The third kappa shape index (κ3) is 2.29. The van der Waals surface area contributed by atoms with Crippen LogP contribution in [0.15, 0.2) is 24.4 Å². The molecule has 0 amide bonds. The van der Waals surface area contributed by atoms with Gasteiger partial charge in [-0.25, -0.2) is 4.79 Å². The molecule has 0 fully saturated rings. The number of benzene rings is 1. The maximum Gasteiger partial charge on any atom is 0.335 e. The minimum absolute atomic E-state index is 0.316. The first-order valence-corrected chi connectivity index (χ1v) is 5.86. The third-order valence-corrected chi connectivity index (χ3v) is 2.97. The second-order valence-corrected chi connectivity index (χ2v) is 4.97. The van der Waals surface area contributed by atoms with Crippen molar-refractivity contribution in [2.45, 2.75) is 20.3 Å². The Balaban J connectivity index is 2.66. The van der Waals surface area contributed by atoms with Crippen molar-refractivity contribution >= 4 is 28.6 Å². The zero-order valence-corrected chi connectivity index (χ0v) is 10.5. The van der Waals surface area contributed by atoms with E-state index in [0.717, 1.165) is 22.9 Å². The average molecular weight is 252 g/mol. The summed E-state index contributed by atoms with van der Waals surface area (Å²) in [5.41, 5.74) is 2.20. The zero-order chi connectivity index (χ0) is 12.6. The molecule has 0 bridgehead atoms. The Morgan fingerprint density at radius 2 is 2.18 bits per heavy atom. The van der Waals surface area contributed by atoms with E-state index >= 15 is 0 Å². The minimum Gasteiger partial charge on any atom is -0.478 e. The van der Waals surface area contributed by atoms with Crippen molar-refractivity contribution in [2.75, 3.05) is 0 Å². The van der Waals surface area contributed by atoms with E-state index in [9.17, 15) is 4.79 Å². The molecule has 0 radical (unpaired) electrons. The molecule has 0 unspecified atom stereocenters. The van der Waals surface area contributed by atoms with Crippen molar-refractivity contribution < 1.29 is 9.90 Å². The first-order chi connectivity index (χ1) is 7.99. The molecule has 2 aromatic rings. The van der Waals surface area contributed by atoms with Crippen LogP contribution >= 0.6 is 11.8 Å². The van der Waals surface area contributed by atoms with Crippen molar-refractivity contribution in [1.82, 2.24) is 4.09 Å². The van der Waals surface area contributed by atoms with Gasteiger partial charge in [-0.2, -0.15) is 0 Å². The maximum atomic E-state index is 11.0. The highest BCUT2D eigenvalue weighted by atomic mass is 35.5. The van der Waals surface area contributed by atoms with Crippen LogP contribution in [0.2, 0.25) is 0 Å². The average Bonchev–Trinajstić information content (AvgIpc) is 2.59. The summed E-state index contributed by atoms with van der Waals surface area (Å²) in [6.07, 6.45) is 2.55. The fourth-order valence-corrected chi connectivity index (χ4v) is 2.31. The van der Waals surface area contributed by atoms with Gasteiger partial charge < -0.3 is 5.11 Å². The van der Waals surface area contributed by atoms with Gasteiger partial charge in [-0.15, -0.1) is 0 Å². The summed E-state index contributed by atoms with van der Waals surface area (Å²) in [4.78, 5) is 11.0. The Morgan fingerprint density at radius 3 is 2.76 bits per heavy atom. The van der Waals surface area contributed by atoms with E-state index in [1.54, 1.807) is 18.3 Å². The molecular formula is C13H14ClNO2. The van der Waals surface area contributed by atoms with Gasteiger partial charge >= 0.3 is 5.97 Å². The molecule has 0 spiro atoms. The van der Waals surface area contributed by atoms with Crippen molar-refractivity contribution in [1.29, 1.82) is 0 Å². The van der Waals surface area contributed by atoms with Crippen molar-refractivity contribution in [3.05, 3.63) is 35.5 Å². The minimum atomic E-state index is -0.903. The van der Waals surface area contributed by atoms with Crippen LogP contribution in [0.4, 0.5) is 0 Å². The zero-order valence-electron chi connectivity index (χ0n) is 9.77. The first-order valence-electron chi connectivity index (χ1n) is 5.52. The number of hydrogen-bond acceptors (Lipinski definition) is 1. The van der Waals surface area contributed by atoms with Gasteiger partial charge in [0.2, 0.25) is 0 Å². The summed E-state index contributed by atoms with van der Waals surface area (Å²) in [5, 5.41) is 9.94. The van der Waals surface area contributed by atoms with Crippen LogP contribution in [-0.2, 0) is 6.42 Å². The number of hydrogen-bond donors (Lipinski definition) is 1. The summed E-state index contributed by atoms with van der Waals surface area (Å²) >= 11 is 6.06. The number of carbonyl (C=O) groups is 1. The standard InChI is InChI=1S/C13H14ClNO2/c1-8(2)5-10-7-11(13(16)17)6-9-3-4-15(14)12(9)10/h3-4,6-8H,5H2,1-2H3,(H,16,17). The Bertz CT molecular complexity index is 572. The summed E-state index contributed by atoms with van der Waals surface area (Å²) < 4.78 is 1.53. The van der Waals surface area contributed by atoms with Crippen LogP contribution in [0.25, 0.3) is 10.9 Å². The quantitative estimate of drug-likeness (QED) is 0.907. The van der Waals surface area contributed by atoms with Crippen LogP contribution in [0.3, 0.4) is 0 Å². The summed E-state index contributed by atoms with van der Waals surface area (Å²) in [5.74, 6) is -0.451. The highest BCUT2D eigenvalue weighted by Gasteiger charge is 2.12. The summed E-state index contributed by atoms with van der Waals surface area (Å²) in [6, 6.07) is 5.20. The molecular weight excluding hydrogens is 238 g/mol. The van der Waals surface area contributed by atoms with Crippen LogP contribution in [0, 0.1) is 5.92 Å². The van der Waals surface area contributed by atoms with Crippen LogP contribution in [0.1, 0.15) is 29.8 Å². The van der Waals surface area contributed by atoms with E-state index in [-0.39, 0.29) is 0 Å². The molecule has 0 aliphatic carbocycles. The van der Waals surface area contributed by atoms with Gasteiger partial charge in [-0.3, -0.25) is 4.09 Å². The predicted octanol–water partition coefficient (Wildman–Crippen LogP) is 3.54. The Labute approximate surface area is 105 Å². The molecule has 0 saturated carbocycles. The molecule has 4 heteroatoms. The fourth-order valence-electron chi connectivity index (χ4n) is 2.05. The number of carboxylic acids is 1. The smallest absolute Gasteiger partial charge is 0.335 e. The lowest BCUT2D eigenvalue weighted by atomic mass is 9.98. The van der Waals surface area contributed by atoms with E-state index in [2.05, 4.69) is 13.8 Å². The number of fused-ring (bicyclic) bond motifs is 1. The van der Waals surface area contributed by atoms with E-state index < -0.39 is 5.97 Å². The fraction of sp³-hybridized carbons (Fsp3) is 0.308. The van der Waals surface area contributed by atoms with Crippen LogP contribution < -0.4 is 0 Å². The molecule has 0 saturated heterocycles. The highest BCUT2D eigenvalue weighted by molar-refractivity contribution is 6.19. The molecule has 1 aromatic carbocycles. The van der Waals surface area contributed by atoms with Crippen molar-refractivity contribution in [2.24, 2.45) is 5.92 Å². The molecule has 0 aliphatic heterocycles. The number of rotatable bonds is 3. The Morgan fingerprint density at radius 1 is 1.47 bits per heavy atom. The molecule has 1 aromatic heterocycles. The highest BCUT2D eigenvalue weighted by Crippen LogP contribution is 2.25. The van der Waals surface area contributed by atoms with Gasteiger partial charge in [0, 0.05) is 23.4 Å². The molecule has 3 nitrogen and oxygen atoms in total. The lowest BCUT2D eigenvalue weighted by Crippen LogP contribution is -2.02. The summed E-state index contributed by atoms with van der Waals surface area (Å²) in [6.45, 7) is 4.20. The van der Waals surface area contributed by atoms with E-state index in [1.807, 2.05) is 6.07 Å². The van der Waals surface area contributed by atoms with Crippen molar-refractivity contribution in [3.63, 3.8) is 0 Å². The van der Waals surface area contributed by atoms with Gasteiger partial charge in [0.05, 0.1) is 11.1 Å². The Hall–Kier alpha value is -1.48. The number of nitrogens with zero attached hydrogens (tertiary/aromatic N) is 1. The van der Waals surface area contributed by atoms with Gasteiger partial charge in [0.1, 0.15) is 0 Å². The second kappa shape index (κ2) is 4.41. The summed E-state index contributed by atoms with van der Waals surface area (Å²) in [7, 11) is 0. The van der Waals surface area contributed by atoms with Crippen molar-refractivity contribution in [3.8, 4) is 0 Å². The number of aromatic carboxylic acids is 1. The SMILES string of the molecule is CC(C)Cc1cc(C(=O)O)cc2ccn(Cl)c12. The molecule has 90 valence electrons. The molecule has 1 N–H and O–H groups in total. The van der Waals surface area contributed by atoms with Gasteiger partial charge in [-0.1, -0.05) is 13.8 Å². The number of carboxylic acid groups (broad SMARTS) is 1. The molecule has 0 aliphatic rings. The lowest BCUT2D eigenvalue weighted by molar-refractivity contribution is 0.0697. The number of halogens is 1. The van der Waals surface area contributed by atoms with Gasteiger partial charge in [0.25, 0.3) is 0 Å². The monoisotopic (exact) mass is 251 g/mol. The predicted molar refractivity (Wildman–Crippen MR) is 68.7 cm³/mol. The first kappa shape index (κ1) is 12.0. The normalized spacial score (nSPS) is 11.3. The van der Waals surface area contributed by atoms with Crippen LogP contribution in [-0.4, -0.2) is 15.2 Å². The lowest BCUT2D eigenvalue weighted by Gasteiger charge is -2.09. The number of aromatic nitrogens is 1. The molecule has 1 heterocycles. The molecule has 2 rings (SSSR count). The van der Waals surface area contributed by atoms with Crippen LogP contribution in [0.5, 0.6) is 0 Å². The van der Waals surface area contributed by atoms with E-state index in [4.69, 9.17) is 16.9 Å². The van der Waals surface area contributed by atoms with Gasteiger partial charge in [0.15, 0.2) is 0 Å². The van der Waals surface area contributed by atoms with E-state index in [1.165, 1.54) is 4.09 Å². The topological polar surface area (TPSA) is 42.2 Å². The Kier molecular flexibility index (Phi) is 3.11. The second-order valence-electron chi connectivity index (χ2n) is 4.60. The van der Waals surface area contributed by atoms with E-state index in [0.29, 0.717) is 11.5 Å². The maximum absolute atomic E-state index is 11.0. The molecule has 0 atom stereocenters. The molecule has 17 heavy (non-hydrogen) atoms.